The summed E-state index contributed by atoms with van der Waals surface area (Å²) in [6, 6.07) is 0.672. The van der Waals surface area contributed by atoms with E-state index in [0.29, 0.717) is 16.9 Å². The van der Waals surface area contributed by atoms with E-state index in [1.165, 1.54) is 70.6 Å². The highest BCUT2D eigenvalue weighted by Gasteiger charge is 2.59. The molecule has 0 aliphatic heterocycles. The van der Waals surface area contributed by atoms with Gasteiger partial charge in [-0.25, -0.2) is 0 Å². The van der Waals surface area contributed by atoms with E-state index in [1.54, 1.807) is 0 Å². The Morgan fingerprint density at radius 3 is 2.61 bits per heavy atom. The molecular formula is C30H51N. The van der Waals surface area contributed by atoms with Crippen molar-refractivity contribution < 1.29 is 0 Å². The van der Waals surface area contributed by atoms with Crippen LogP contribution in [-0.2, 0) is 0 Å². The quantitative estimate of drug-likeness (QED) is 0.387. The van der Waals surface area contributed by atoms with E-state index >= 15 is 0 Å². The maximum Gasteiger partial charge on any atom is 0.0135 e. The third-order valence-electron chi connectivity index (χ3n) is 10.9. The van der Waals surface area contributed by atoms with Gasteiger partial charge in [0.25, 0.3) is 0 Å². The van der Waals surface area contributed by atoms with Crippen LogP contribution in [0, 0.1) is 46.3 Å². The van der Waals surface area contributed by atoms with E-state index in [2.05, 4.69) is 52.6 Å². The monoisotopic (exact) mass is 425 g/mol. The van der Waals surface area contributed by atoms with Gasteiger partial charge >= 0.3 is 0 Å². The summed E-state index contributed by atoms with van der Waals surface area (Å²) >= 11 is 0. The fraction of sp³-hybridized carbons (Fsp3) is 0.867. The number of nitrogens with one attached hydrogen (secondary N) is 1. The highest BCUT2D eigenvalue weighted by atomic mass is 14.9. The summed E-state index contributed by atoms with van der Waals surface area (Å²) in [7, 11) is 0. The second-order valence-electron chi connectivity index (χ2n) is 12.9. The molecule has 1 heteroatoms. The molecular weight excluding hydrogens is 374 g/mol. The Balaban J connectivity index is 1.45. The molecule has 3 saturated carbocycles. The fourth-order valence-corrected chi connectivity index (χ4v) is 9.11. The second-order valence-corrected chi connectivity index (χ2v) is 12.9. The van der Waals surface area contributed by atoms with Gasteiger partial charge in [0.2, 0.25) is 0 Å². The molecule has 8 atom stereocenters. The second kappa shape index (κ2) is 9.36. The summed E-state index contributed by atoms with van der Waals surface area (Å²) < 4.78 is 0. The largest absolute Gasteiger partial charge is 0.310 e. The van der Waals surface area contributed by atoms with Crippen molar-refractivity contribution in [1.29, 1.82) is 0 Å². The van der Waals surface area contributed by atoms with Crippen LogP contribution in [0.15, 0.2) is 24.3 Å². The molecule has 0 spiro atoms. The topological polar surface area (TPSA) is 12.0 Å². The molecule has 0 unspecified atom stereocenters. The first-order chi connectivity index (χ1) is 14.8. The number of hydrogen-bond acceptors (Lipinski definition) is 1. The van der Waals surface area contributed by atoms with E-state index in [0.717, 1.165) is 42.1 Å². The van der Waals surface area contributed by atoms with Crippen molar-refractivity contribution in [3.05, 3.63) is 24.3 Å². The minimum atomic E-state index is 0.484. The standard InChI is InChI=1S/C30H51N/c1-7-19-31-24-15-17-29(5)23(20-24)11-12-25-27-14-13-26(22(4)10-8-9-21(2)3)30(27,6)18-16-28(25)29/h7,11,21-22,24-28,31H,1,8-10,12-20H2,2-6H3/t22-,24+,25+,26-,27+,28+,29+,30-/m1/s1. The van der Waals surface area contributed by atoms with E-state index in [9.17, 15) is 0 Å². The van der Waals surface area contributed by atoms with Crippen LogP contribution in [0.5, 0.6) is 0 Å². The lowest BCUT2D eigenvalue weighted by molar-refractivity contribution is -0.0514. The molecule has 0 radical (unpaired) electrons. The third kappa shape index (κ3) is 4.34. The van der Waals surface area contributed by atoms with Crippen LogP contribution < -0.4 is 5.32 Å². The van der Waals surface area contributed by atoms with Crippen LogP contribution in [0.3, 0.4) is 0 Å². The van der Waals surface area contributed by atoms with Crippen LogP contribution in [0.25, 0.3) is 0 Å². The molecule has 176 valence electrons. The zero-order valence-corrected chi connectivity index (χ0v) is 21.4. The maximum atomic E-state index is 3.90. The first kappa shape index (κ1) is 23.6. The van der Waals surface area contributed by atoms with Crippen LogP contribution in [0.2, 0.25) is 0 Å². The first-order valence-electron chi connectivity index (χ1n) is 13.8. The molecule has 1 N–H and O–H groups in total. The van der Waals surface area contributed by atoms with Crippen LogP contribution in [0.4, 0.5) is 0 Å². The Labute approximate surface area is 193 Å². The van der Waals surface area contributed by atoms with E-state index in [1.807, 2.05) is 11.6 Å². The van der Waals surface area contributed by atoms with Crippen molar-refractivity contribution in [2.75, 3.05) is 6.54 Å². The summed E-state index contributed by atoms with van der Waals surface area (Å²) in [5.41, 5.74) is 2.90. The molecule has 4 aliphatic rings. The number of rotatable bonds is 8. The van der Waals surface area contributed by atoms with Gasteiger partial charge < -0.3 is 5.32 Å². The van der Waals surface area contributed by atoms with Gasteiger partial charge in [-0.2, -0.15) is 0 Å². The molecule has 0 aromatic carbocycles. The zero-order chi connectivity index (χ0) is 22.2. The lowest BCUT2D eigenvalue weighted by Crippen LogP contribution is -2.51. The van der Waals surface area contributed by atoms with Gasteiger partial charge in [0.05, 0.1) is 0 Å². The van der Waals surface area contributed by atoms with Gasteiger partial charge in [-0.05, 0) is 97.7 Å². The minimum absolute atomic E-state index is 0.484. The summed E-state index contributed by atoms with van der Waals surface area (Å²) in [5, 5.41) is 3.72. The van der Waals surface area contributed by atoms with E-state index < -0.39 is 0 Å². The number of hydrogen-bond donors (Lipinski definition) is 1. The van der Waals surface area contributed by atoms with Crippen molar-refractivity contribution in [2.45, 2.75) is 111 Å². The Morgan fingerprint density at radius 2 is 1.87 bits per heavy atom. The first-order valence-corrected chi connectivity index (χ1v) is 13.8. The predicted octanol–water partition coefficient (Wildman–Crippen LogP) is 8.17. The SMILES string of the molecule is C=CCN[C@H]1CC[C@@]2(C)C(=CC[C@H]3[C@@H]4CC[C@H]([C@H](C)CCCC(C)C)[C@@]4(C)CC[C@@H]32)C1. The lowest BCUT2D eigenvalue weighted by Gasteiger charge is -2.58. The lowest BCUT2D eigenvalue weighted by atomic mass is 9.47. The Bertz CT molecular complexity index is 661. The Morgan fingerprint density at radius 1 is 1.06 bits per heavy atom. The molecule has 3 fully saturated rings. The maximum absolute atomic E-state index is 3.90. The molecule has 4 aliphatic carbocycles. The number of allylic oxidation sites excluding steroid dienone is 1. The van der Waals surface area contributed by atoms with Crippen molar-refractivity contribution in [3.8, 4) is 0 Å². The average molecular weight is 426 g/mol. The molecule has 0 bridgehead atoms. The van der Waals surface area contributed by atoms with Gasteiger partial charge in [0.1, 0.15) is 0 Å². The molecule has 4 rings (SSSR count). The van der Waals surface area contributed by atoms with Crippen molar-refractivity contribution in [1.82, 2.24) is 5.32 Å². The molecule has 0 saturated heterocycles. The molecule has 1 nitrogen and oxygen atoms in total. The van der Waals surface area contributed by atoms with Crippen molar-refractivity contribution >= 4 is 0 Å². The average Bonchev–Trinajstić information content (AvgIpc) is 3.09. The highest BCUT2D eigenvalue weighted by Crippen LogP contribution is 2.67. The Kier molecular flexibility index (Phi) is 7.12. The number of fused-ring (bicyclic) bond motifs is 5. The molecule has 0 aromatic heterocycles. The summed E-state index contributed by atoms with van der Waals surface area (Å²) in [6.07, 6.45) is 20.5. The molecule has 31 heavy (non-hydrogen) atoms. The van der Waals surface area contributed by atoms with Crippen molar-refractivity contribution in [3.63, 3.8) is 0 Å². The molecule has 0 aromatic rings. The normalized spacial score (nSPS) is 43.0. The van der Waals surface area contributed by atoms with Gasteiger partial charge in [0.15, 0.2) is 0 Å². The molecule has 0 heterocycles. The zero-order valence-electron chi connectivity index (χ0n) is 21.4. The highest BCUT2D eigenvalue weighted by molar-refractivity contribution is 5.26. The minimum Gasteiger partial charge on any atom is -0.310 e. The molecule has 0 amide bonds. The summed E-state index contributed by atoms with van der Waals surface area (Å²) in [6.45, 7) is 17.6. The van der Waals surface area contributed by atoms with Crippen LogP contribution in [0.1, 0.15) is 105 Å². The third-order valence-corrected chi connectivity index (χ3v) is 10.9. The van der Waals surface area contributed by atoms with Crippen molar-refractivity contribution in [2.24, 2.45) is 46.3 Å². The van der Waals surface area contributed by atoms with E-state index in [4.69, 9.17) is 0 Å². The van der Waals surface area contributed by atoms with Gasteiger partial charge in [0, 0.05) is 12.6 Å². The summed E-state index contributed by atoms with van der Waals surface area (Å²) in [4.78, 5) is 0. The Hall–Kier alpha value is -0.560. The summed E-state index contributed by atoms with van der Waals surface area (Å²) in [5.74, 6) is 5.64. The van der Waals surface area contributed by atoms with E-state index in [-0.39, 0.29) is 0 Å². The smallest absolute Gasteiger partial charge is 0.0135 e. The van der Waals surface area contributed by atoms with Gasteiger partial charge in [-0.1, -0.05) is 71.6 Å². The van der Waals surface area contributed by atoms with Crippen LogP contribution in [-0.4, -0.2) is 12.6 Å². The van der Waals surface area contributed by atoms with Gasteiger partial charge in [-0.15, -0.1) is 6.58 Å². The van der Waals surface area contributed by atoms with Crippen LogP contribution >= 0.6 is 0 Å². The predicted molar refractivity (Wildman–Crippen MR) is 135 cm³/mol. The fourth-order valence-electron chi connectivity index (χ4n) is 9.11. The van der Waals surface area contributed by atoms with Gasteiger partial charge in [-0.3, -0.25) is 0 Å².